The summed E-state index contributed by atoms with van der Waals surface area (Å²) >= 11 is 0. The van der Waals surface area contributed by atoms with Crippen molar-refractivity contribution in [3.8, 4) is 0 Å². The molecule has 4 heterocycles. The van der Waals surface area contributed by atoms with Gasteiger partial charge in [0, 0.05) is 39.4 Å². The fraction of sp³-hybridized carbons (Fsp3) is 0.556. The average Bonchev–Trinajstić information content (AvgIpc) is 3.42. The lowest BCUT2D eigenvalue weighted by atomic mass is 10.0. The van der Waals surface area contributed by atoms with Gasteiger partial charge in [0.1, 0.15) is 5.69 Å². The van der Waals surface area contributed by atoms with Crippen LogP contribution >= 0.6 is 0 Å². The van der Waals surface area contributed by atoms with E-state index in [1.165, 1.54) is 0 Å². The smallest absolute Gasteiger partial charge is 0.276 e. The molecule has 0 aliphatic carbocycles. The third kappa shape index (κ3) is 3.11. The molecule has 0 saturated carbocycles. The first-order chi connectivity index (χ1) is 12.6. The number of aryl methyl sites for hydroxylation is 1. The first kappa shape index (κ1) is 16.8. The van der Waals surface area contributed by atoms with Gasteiger partial charge in [-0.25, -0.2) is 4.68 Å². The van der Waals surface area contributed by atoms with E-state index in [0.717, 1.165) is 38.8 Å². The van der Waals surface area contributed by atoms with E-state index in [1.54, 1.807) is 10.9 Å². The molecule has 8 heteroatoms. The molecule has 4 rings (SSSR count). The maximum absolute atomic E-state index is 12.6. The van der Waals surface area contributed by atoms with Gasteiger partial charge in [0.2, 0.25) is 0 Å². The largest absolute Gasteiger partial charge is 0.347 e. The molecule has 2 aliphatic heterocycles. The van der Waals surface area contributed by atoms with Gasteiger partial charge in [-0.3, -0.25) is 9.59 Å². The summed E-state index contributed by atoms with van der Waals surface area (Å²) in [4.78, 5) is 28.7. The minimum absolute atomic E-state index is 0.0231. The van der Waals surface area contributed by atoms with Crippen LogP contribution in [0.1, 0.15) is 52.7 Å². The van der Waals surface area contributed by atoms with Crippen LogP contribution in [0.5, 0.6) is 0 Å². The Labute approximate surface area is 152 Å². The van der Waals surface area contributed by atoms with Gasteiger partial charge < -0.3 is 14.4 Å². The number of likely N-dealkylation sites (tertiary alicyclic amines) is 2. The third-order valence-electron chi connectivity index (χ3n) is 5.41. The SMILES string of the molecule is Cn1cccc1C(=O)N1CCC(n2cc(C(=O)N3CCCC3)nn2)CC1. The summed E-state index contributed by atoms with van der Waals surface area (Å²) in [7, 11) is 1.88. The number of hydrogen-bond donors (Lipinski definition) is 0. The van der Waals surface area contributed by atoms with Crippen molar-refractivity contribution in [3.05, 3.63) is 35.9 Å². The summed E-state index contributed by atoms with van der Waals surface area (Å²) < 4.78 is 3.65. The molecule has 0 atom stereocenters. The molecule has 8 nitrogen and oxygen atoms in total. The lowest BCUT2D eigenvalue weighted by Gasteiger charge is -2.31. The van der Waals surface area contributed by atoms with Crippen LogP contribution in [-0.2, 0) is 7.05 Å². The van der Waals surface area contributed by atoms with Crippen LogP contribution in [0.25, 0.3) is 0 Å². The number of amides is 2. The van der Waals surface area contributed by atoms with E-state index in [4.69, 9.17) is 0 Å². The van der Waals surface area contributed by atoms with E-state index < -0.39 is 0 Å². The van der Waals surface area contributed by atoms with Crippen molar-refractivity contribution in [1.82, 2.24) is 29.4 Å². The first-order valence-electron chi connectivity index (χ1n) is 9.25. The number of aromatic nitrogens is 4. The lowest BCUT2D eigenvalue weighted by Crippen LogP contribution is -2.39. The summed E-state index contributed by atoms with van der Waals surface area (Å²) in [5.41, 5.74) is 1.14. The highest BCUT2D eigenvalue weighted by molar-refractivity contribution is 5.93. The molecule has 2 aromatic heterocycles. The molecule has 0 aromatic carbocycles. The Kier molecular flexibility index (Phi) is 4.48. The van der Waals surface area contributed by atoms with Crippen molar-refractivity contribution >= 4 is 11.8 Å². The highest BCUT2D eigenvalue weighted by atomic mass is 16.2. The van der Waals surface area contributed by atoms with Gasteiger partial charge in [0.15, 0.2) is 5.69 Å². The molecule has 2 fully saturated rings. The first-order valence-corrected chi connectivity index (χ1v) is 9.25. The van der Waals surface area contributed by atoms with E-state index in [2.05, 4.69) is 10.3 Å². The number of rotatable bonds is 3. The van der Waals surface area contributed by atoms with Gasteiger partial charge in [-0.05, 0) is 37.8 Å². The van der Waals surface area contributed by atoms with E-state index in [-0.39, 0.29) is 17.9 Å². The van der Waals surface area contributed by atoms with E-state index in [1.807, 2.05) is 39.7 Å². The maximum atomic E-state index is 12.6. The van der Waals surface area contributed by atoms with E-state index in [0.29, 0.717) is 24.5 Å². The Morgan fingerprint density at radius 2 is 1.73 bits per heavy atom. The molecular weight excluding hydrogens is 332 g/mol. The summed E-state index contributed by atoms with van der Waals surface area (Å²) in [6.45, 7) is 2.99. The second-order valence-corrected chi connectivity index (χ2v) is 7.11. The normalized spacial score (nSPS) is 18.5. The second-order valence-electron chi connectivity index (χ2n) is 7.11. The van der Waals surface area contributed by atoms with Crippen LogP contribution in [0.15, 0.2) is 24.5 Å². The molecule has 0 bridgehead atoms. The number of piperidine rings is 1. The average molecular weight is 356 g/mol. The number of carbonyl (C=O) groups is 2. The lowest BCUT2D eigenvalue weighted by molar-refractivity contribution is 0.0679. The molecule has 0 unspecified atom stereocenters. The summed E-state index contributed by atoms with van der Waals surface area (Å²) in [5.74, 6) is 0.0458. The van der Waals surface area contributed by atoms with Crippen molar-refractivity contribution in [2.75, 3.05) is 26.2 Å². The summed E-state index contributed by atoms with van der Waals surface area (Å²) in [6, 6.07) is 3.91. The Balaban J connectivity index is 1.37. The van der Waals surface area contributed by atoms with Crippen LogP contribution in [0.3, 0.4) is 0 Å². The van der Waals surface area contributed by atoms with Gasteiger partial charge in [0.25, 0.3) is 11.8 Å². The number of nitrogens with zero attached hydrogens (tertiary/aromatic N) is 6. The van der Waals surface area contributed by atoms with E-state index >= 15 is 0 Å². The maximum Gasteiger partial charge on any atom is 0.276 e. The van der Waals surface area contributed by atoms with Crippen molar-refractivity contribution in [1.29, 1.82) is 0 Å². The van der Waals surface area contributed by atoms with Gasteiger partial charge in [-0.2, -0.15) is 0 Å². The van der Waals surface area contributed by atoms with Gasteiger partial charge in [-0.1, -0.05) is 5.21 Å². The fourth-order valence-corrected chi connectivity index (χ4v) is 3.81. The fourth-order valence-electron chi connectivity index (χ4n) is 3.81. The minimum atomic E-state index is -0.0231. The molecule has 26 heavy (non-hydrogen) atoms. The van der Waals surface area contributed by atoms with Crippen molar-refractivity contribution in [2.24, 2.45) is 7.05 Å². The predicted molar refractivity (Wildman–Crippen MR) is 94.7 cm³/mol. The van der Waals surface area contributed by atoms with Gasteiger partial charge in [-0.15, -0.1) is 5.10 Å². The van der Waals surface area contributed by atoms with Crippen molar-refractivity contribution in [2.45, 2.75) is 31.7 Å². The monoisotopic (exact) mass is 356 g/mol. The summed E-state index contributed by atoms with van der Waals surface area (Å²) in [6.07, 6.45) is 7.41. The quantitative estimate of drug-likeness (QED) is 0.831. The number of carbonyl (C=O) groups excluding carboxylic acids is 2. The third-order valence-corrected chi connectivity index (χ3v) is 5.41. The van der Waals surface area contributed by atoms with Crippen LogP contribution in [0, 0.1) is 0 Å². The number of hydrogen-bond acceptors (Lipinski definition) is 4. The predicted octanol–water partition coefficient (Wildman–Crippen LogP) is 1.33. The van der Waals surface area contributed by atoms with Crippen LogP contribution in [0.4, 0.5) is 0 Å². The van der Waals surface area contributed by atoms with Crippen LogP contribution in [0.2, 0.25) is 0 Å². The van der Waals surface area contributed by atoms with Gasteiger partial charge in [0.05, 0.1) is 12.2 Å². The zero-order valence-electron chi connectivity index (χ0n) is 15.0. The Morgan fingerprint density at radius 1 is 1.04 bits per heavy atom. The molecule has 2 aliphatic rings. The molecule has 0 N–H and O–H groups in total. The Hall–Kier alpha value is -2.64. The molecule has 2 aromatic rings. The molecule has 0 radical (unpaired) electrons. The Bertz CT molecular complexity index is 796. The topological polar surface area (TPSA) is 76.3 Å². The molecule has 2 saturated heterocycles. The van der Waals surface area contributed by atoms with Gasteiger partial charge >= 0.3 is 0 Å². The van der Waals surface area contributed by atoms with Crippen molar-refractivity contribution < 1.29 is 9.59 Å². The Morgan fingerprint density at radius 3 is 2.38 bits per heavy atom. The molecular formula is C18H24N6O2. The van der Waals surface area contributed by atoms with Crippen LogP contribution < -0.4 is 0 Å². The van der Waals surface area contributed by atoms with E-state index in [9.17, 15) is 9.59 Å². The minimum Gasteiger partial charge on any atom is -0.347 e. The second kappa shape index (κ2) is 6.93. The zero-order valence-corrected chi connectivity index (χ0v) is 15.0. The van der Waals surface area contributed by atoms with Crippen LogP contribution in [-0.4, -0.2) is 67.4 Å². The summed E-state index contributed by atoms with van der Waals surface area (Å²) in [5, 5.41) is 8.26. The molecule has 138 valence electrons. The highest BCUT2D eigenvalue weighted by Gasteiger charge is 2.28. The zero-order chi connectivity index (χ0) is 18.1. The standard InChI is InChI=1S/C18H24N6O2/c1-21-8-4-5-16(21)18(26)23-11-6-14(7-12-23)24-13-15(19-20-24)17(25)22-9-2-3-10-22/h4-5,8,13-14H,2-3,6-7,9-12H2,1H3. The molecule has 2 amide bonds. The van der Waals surface area contributed by atoms with Crippen molar-refractivity contribution in [3.63, 3.8) is 0 Å². The highest BCUT2D eigenvalue weighted by Crippen LogP contribution is 2.23. The molecule has 0 spiro atoms.